The lowest BCUT2D eigenvalue weighted by molar-refractivity contribution is 0.0605. The Bertz CT molecular complexity index is 1060. The third kappa shape index (κ3) is 3.99. The van der Waals surface area contributed by atoms with Crippen LogP contribution in [0.2, 0.25) is 0 Å². The van der Waals surface area contributed by atoms with Crippen molar-refractivity contribution in [2.75, 3.05) is 20.2 Å². The molecule has 2 heterocycles. The number of amides is 1. The fraction of sp³-hybridized carbons (Fsp3) is 0.250. The average Bonchev–Trinajstić information content (AvgIpc) is 3.28. The maximum absolute atomic E-state index is 14.7. The summed E-state index contributed by atoms with van der Waals surface area (Å²) in [4.78, 5) is 27.3. The molecule has 1 aliphatic rings. The van der Waals surface area contributed by atoms with Gasteiger partial charge >= 0.3 is 0 Å². The number of furan rings is 1. The van der Waals surface area contributed by atoms with Crippen LogP contribution in [0.25, 0.3) is 11.1 Å². The highest BCUT2D eigenvalue weighted by atomic mass is 19.1. The summed E-state index contributed by atoms with van der Waals surface area (Å²) in [6.07, 6.45) is 1.36. The maximum Gasteiger partial charge on any atom is 0.289 e. The lowest BCUT2D eigenvalue weighted by atomic mass is 9.89. The number of ether oxygens (including phenoxy) is 1. The Morgan fingerprint density at radius 3 is 2.60 bits per heavy atom. The molecule has 1 aliphatic heterocycles. The second kappa shape index (κ2) is 8.53. The van der Waals surface area contributed by atoms with E-state index in [1.54, 1.807) is 29.2 Å². The smallest absolute Gasteiger partial charge is 0.289 e. The predicted molar refractivity (Wildman–Crippen MR) is 110 cm³/mol. The minimum Gasteiger partial charge on any atom is -0.468 e. The van der Waals surface area contributed by atoms with E-state index in [2.05, 4.69) is 0 Å². The van der Waals surface area contributed by atoms with Crippen LogP contribution in [0.15, 0.2) is 65.1 Å². The van der Waals surface area contributed by atoms with Crippen molar-refractivity contribution in [2.24, 2.45) is 5.92 Å². The van der Waals surface area contributed by atoms with E-state index >= 15 is 0 Å². The zero-order valence-corrected chi connectivity index (χ0v) is 16.6. The molecule has 3 aromatic rings. The lowest BCUT2D eigenvalue weighted by Gasteiger charge is -2.31. The van der Waals surface area contributed by atoms with E-state index in [4.69, 9.17) is 9.15 Å². The number of carbonyl (C=O) groups is 2. The van der Waals surface area contributed by atoms with Crippen LogP contribution in [0.3, 0.4) is 0 Å². The molecular formula is C24H22FNO4. The van der Waals surface area contributed by atoms with Gasteiger partial charge < -0.3 is 14.1 Å². The maximum atomic E-state index is 14.7. The lowest BCUT2D eigenvalue weighted by Crippen LogP contribution is -2.42. The van der Waals surface area contributed by atoms with Crippen molar-refractivity contribution in [3.05, 3.63) is 77.8 Å². The van der Waals surface area contributed by atoms with Crippen LogP contribution < -0.4 is 4.74 Å². The number of nitrogens with zero attached hydrogens (tertiary/aromatic N) is 1. The molecule has 1 aromatic heterocycles. The van der Waals surface area contributed by atoms with Crippen molar-refractivity contribution in [1.82, 2.24) is 4.90 Å². The normalized spacial score (nSPS) is 16.3. The quantitative estimate of drug-likeness (QED) is 0.569. The van der Waals surface area contributed by atoms with E-state index in [-0.39, 0.29) is 35.9 Å². The van der Waals surface area contributed by atoms with Gasteiger partial charge in [-0.3, -0.25) is 9.59 Å². The summed E-state index contributed by atoms with van der Waals surface area (Å²) in [7, 11) is 1.46. The fourth-order valence-corrected chi connectivity index (χ4v) is 3.83. The Kier molecular flexibility index (Phi) is 5.65. The number of rotatable bonds is 5. The number of methoxy groups -OCH3 is 1. The number of piperidine rings is 1. The van der Waals surface area contributed by atoms with E-state index in [0.717, 1.165) is 5.56 Å². The van der Waals surface area contributed by atoms with Gasteiger partial charge in [-0.15, -0.1) is 0 Å². The molecule has 5 nitrogen and oxygen atoms in total. The number of carbonyl (C=O) groups excluding carboxylic acids is 2. The molecule has 1 amide bonds. The molecule has 1 atom stereocenters. The molecule has 0 aliphatic carbocycles. The van der Waals surface area contributed by atoms with Gasteiger partial charge in [0.05, 0.1) is 7.11 Å². The minimum atomic E-state index is -0.432. The van der Waals surface area contributed by atoms with Gasteiger partial charge in [0.1, 0.15) is 5.82 Å². The van der Waals surface area contributed by atoms with Gasteiger partial charge in [-0.05, 0) is 30.5 Å². The van der Waals surface area contributed by atoms with E-state index < -0.39 is 5.82 Å². The van der Waals surface area contributed by atoms with Crippen molar-refractivity contribution < 1.29 is 23.1 Å². The number of likely N-dealkylation sites (tertiary alicyclic amines) is 1. The van der Waals surface area contributed by atoms with Crippen LogP contribution in [-0.4, -0.2) is 36.8 Å². The fourth-order valence-electron chi connectivity index (χ4n) is 3.83. The highest BCUT2D eigenvalue weighted by Crippen LogP contribution is 2.27. The highest BCUT2D eigenvalue weighted by molar-refractivity contribution is 5.99. The third-order valence-corrected chi connectivity index (χ3v) is 5.41. The first-order chi connectivity index (χ1) is 14.6. The van der Waals surface area contributed by atoms with Crippen LogP contribution in [0, 0.1) is 11.7 Å². The molecule has 6 heteroatoms. The van der Waals surface area contributed by atoms with Crippen molar-refractivity contribution in [2.45, 2.75) is 12.8 Å². The van der Waals surface area contributed by atoms with Gasteiger partial charge in [-0.25, -0.2) is 4.39 Å². The Labute approximate surface area is 174 Å². The van der Waals surface area contributed by atoms with Gasteiger partial charge in [0.25, 0.3) is 11.9 Å². The molecule has 2 aromatic carbocycles. The number of benzene rings is 2. The third-order valence-electron chi connectivity index (χ3n) is 5.41. The Morgan fingerprint density at radius 2 is 1.90 bits per heavy atom. The van der Waals surface area contributed by atoms with Crippen LogP contribution in [0.4, 0.5) is 4.39 Å². The molecule has 1 unspecified atom stereocenters. The van der Waals surface area contributed by atoms with E-state index in [9.17, 15) is 14.0 Å². The minimum absolute atomic E-state index is 0.150. The second-order valence-electron chi connectivity index (χ2n) is 7.34. The van der Waals surface area contributed by atoms with Crippen LogP contribution in [0.1, 0.15) is 33.8 Å². The Hall–Kier alpha value is -3.41. The largest absolute Gasteiger partial charge is 0.468 e. The molecule has 0 N–H and O–H groups in total. The van der Waals surface area contributed by atoms with Gasteiger partial charge in [-0.2, -0.15) is 0 Å². The van der Waals surface area contributed by atoms with E-state index in [1.165, 1.54) is 13.2 Å². The van der Waals surface area contributed by atoms with Crippen LogP contribution in [0.5, 0.6) is 5.95 Å². The summed E-state index contributed by atoms with van der Waals surface area (Å²) in [5, 5.41) is 0. The Balaban J connectivity index is 1.49. The molecule has 1 saturated heterocycles. The topological polar surface area (TPSA) is 59.8 Å². The number of hydrogen-bond donors (Lipinski definition) is 0. The number of halogens is 1. The predicted octanol–water partition coefficient (Wildman–Crippen LogP) is 4.83. The van der Waals surface area contributed by atoms with Gasteiger partial charge in [-0.1, -0.05) is 42.5 Å². The molecular weight excluding hydrogens is 385 g/mol. The highest BCUT2D eigenvalue weighted by Gasteiger charge is 2.31. The SMILES string of the molecule is COc1ccc(C(=O)N2CCCC(C(=O)c3ccc(-c4ccccc4)c(F)c3)C2)o1. The van der Waals surface area contributed by atoms with Crippen LogP contribution in [-0.2, 0) is 0 Å². The number of ketones is 1. The van der Waals surface area contributed by atoms with Crippen molar-refractivity contribution in [3.8, 4) is 17.1 Å². The first-order valence-corrected chi connectivity index (χ1v) is 9.89. The monoisotopic (exact) mass is 407 g/mol. The van der Waals surface area contributed by atoms with Crippen LogP contribution >= 0.6 is 0 Å². The molecule has 4 rings (SSSR count). The summed E-state index contributed by atoms with van der Waals surface area (Å²) < 4.78 is 25.0. The first kappa shape index (κ1) is 19.9. The molecule has 0 spiro atoms. The van der Waals surface area contributed by atoms with Gasteiger partial charge in [0.2, 0.25) is 0 Å². The van der Waals surface area contributed by atoms with E-state index in [0.29, 0.717) is 30.5 Å². The summed E-state index contributed by atoms with van der Waals surface area (Å²) in [6.45, 7) is 0.829. The van der Waals surface area contributed by atoms with Crippen molar-refractivity contribution in [3.63, 3.8) is 0 Å². The molecule has 154 valence electrons. The number of hydrogen-bond acceptors (Lipinski definition) is 4. The van der Waals surface area contributed by atoms with E-state index in [1.807, 2.05) is 30.3 Å². The first-order valence-electron chi connectivity index (χ1n) is 9.89. The zero-order valence-electron chi connectivity index (χ0n) is 16.6. The molecule has 0 saturated carbocycles. The summed E-state index contributed by atoms with van der Waals surface area (Å²) in [6, 6.07) is 16.9. The summed E-state index contributed by atoms with van der Waals surface area (Å²) >= 11 is 0. The zero-order chi connectivity index (χ0) is 21.1. The molecule has 30 heavy (non-hydrogen) atoms. The number of Topliss-reactive ketones (excluding diaryl/α,β-unsaturated/α-hetero) is 1. The molecule has 0 radical (unpaired) electrons. The van der Waals surface area contributed by atoms with Crippen molar-refractivity contribution in [1.29, 1.82) is 0 Å². The molecule has 1 fully saturated rings. The van der Waals surface area contributed by atoms with Crippen molar-refractivity contribution >= 4 is 11.7 Å². The average molecular weight is 407 g/mol. The summed E-state index contributed by atoms with van der Waals surface area (Å²) in [5.74, 6) is -0.792. The Morgan fingerprint density at radius 1 is 1.10 bits per heavy atom. The van der Waals surface area contributed by atoms with Gasteiger partial charge in [0.15, 0.2) is 11.5 Å². The second-order valence-corrected chi connectivity index (χ2v) is 7.34. The molecule has 0 bridgehead atoms. The summed E-state index contributed by atoms with van der Waals surface area (Å²) in [5.41, 5.74) is 1.54. The van der Waals surface area contributed by atoms with Gasteiger partial charge in [0, 0.05) is 36.2 Å². The standard InChI is InChI=1S/C24H22FNO4/c1-29-22-12-11-21(30-22)24(28)26-13-5-8-18(15-26)23(27)17-9-10-19(20(25)14-17)16-6-3-2-4-7-16/h2-4,6-7,9-12,14,18H,5,8,13,15H2,1H3.